The lowest BCUT2D eigenvalue weighted by atomic mass is 9.93. The molecule has 0 saturated carbocycles. The van der Waals surface area contributed by atoms with E-state index in [0.29, 0.717) is 19.4 Å². The molecule has 5 nitrogen and oxygen atoms in total. The van der Waals surface area contributed by atoms with Crippen molar-refractivity contribution in [3.05, 3.63) is 0 Å². The molecule has 0 radical (unpaired) electrons. The molecule has 1 aliphatic heterocycles. The van der Waals surface area contributed by atoms with Crippen LogP contribution in [0.2, 0.25) is 5.04 Å². The molecule has 0 N–H and O–H groups in total. The van der Waals surface area contributed by atoms with Crippen molar-refractivity contribution >= 4 is 19.9 Å². The van der Waals surface area contributed by atoms with Gasteiger partial charge in [-0.05, 0) is 25.3 Å². The molecule has 0 aromatic rings. The highest BCUT2D eigenvalue weighted by atomic mass is 32.2. The Labute approximate surface area is 125 Å². The minimum absolute atomic E-state index is 0.127. The Hall–Kier alpha value is 0.0469. The van der Waals surface area contributed by atoms with Crippen molar-refractivity contribution < 1.29 is 21.8 Å². The maximum Gasteiger partial charge on any atom is 0.264 e. The second-order valence-corrected chi connectivity index (χ2v) is 11.6. The molecular formula is C13H28O5SSi. The minimum atomic E-state index is -3.42. The Morgan fingerprint density at radius 3 is 2.30 bits per heavy atom. The molecule has 120 valence electrons. The maximum atomic E-state index is 11.2. The van der Waals surface area contributed by atoms with Crippen LogP contribution in [0.3, 0.4) is 0 Å². The van der Waals surface area contributed by atoms with Crippen LogP contribution in [-0.2, 0) is 23.5 Å². The maximum absolute atomic E-state index is 11.2. The summed E-state index contributed by atoms with van der Waals surface area (Å²) in [4.78, 5) is 0. The number of rotatable bonds is 5. The van der Waals surface area contributed by atoms with E-state index in [2.05, 4.69) is 20.8 Å². The summed E-state index contributed by atoms with van der Waals surface area (Å²) < 4.78 is 39.4. The van der Waals surface area contributed by atoms with Crippen LogP contribution in [0.15, 0.2) is 0 Å². The molecule has 0 aromatic heterocycles. The fourth-order valence-corrected chi connectivity index (χ4v) is 3.74. The number of ether oxygens (including phenoxy) is 1. The minimum Gasteiger partial charge on any atom is -0.416 e. The van der Waals surface area contributed by atoms with Gasteiger partial charge >= 0.3 is 0 Å². The Kier molecular flexibility index (Phi) is 5.82. The highest BCUT2D eigenvalue weighted by Crippen LogP contribution is 2.31. The summed E-state index contributed by atoms with van der Waals surface area (Å²) in [7, 11) is -4.11. The van der Waals surface area contributed by atoms with Crippen LogP contribution in [0.5, 0.6) is 0 Å². The van der Waals surface area contributed by atoms with Gasteiger partial charge in [0.05, 0.1) is 24.1 Å². The van der Waals surface area contributed by atoms with E-state index in [1.54, 1.807) is 0 Å². The standard InChI is InChI=1S/C13H28O5SSi/c1-12(2,3)20-18-13(4,5)11-9-10(7-8-16-11)17-19(6,14)15/h10-11H,7-9,20H2,1-6H3. The molecule has 0 spiro atoms. The van der Waals surface area contributed by atoms with Crippen molar-refractivity contribution in [2.75, 3.05) is 12.9 Å². The van der Waals surface area contributed by atoms with Crippen molar-refractivity contribution in [3.63, 3.8) is 0 Å². The molecule has 1 saturated heterocycles. The van der Waals surface area contributed by atoms with Gasteiger partial charge in [-0.3, -0.25) is 4.18 Å². The van der Waals surface area contributed by atoms with Crippen molar-refractivity contribution in [2.45, 2.75) is 70.3 Å². The highest BCUT2D eigenvalue weighted by Gasteiger charge is 2.37. The number of hydrogen-bond donors (Lipinski definition) is 0. The van der Waals surface area contributed by atoms with Gasteiger partial charge in [-0.2, -0.15) is 8.42 Å². The first-order valence-corrected chi connectivity index (χ1v) is 10.1. The summed E-state index contributed by atoms with van der Waals surface area (Å²) in [5.41, 5.74) is -0.404. The van der Waals surface area contributed by atoms with Gasteiger partial charge in [0, 0.05) is 13.0 Å². The predicted molar refractivity (Wildman–Crippen MR) is 82.1 cm³/mol. The second kappa shape index (κ2) is 6.44. The molecule has 1 rings (SSSR count). The third-order valence-electron chi connectivity index (χ3n) is 3.20. The lowest BCUT2D eigenvalue weighted by Crippen LogP contribution is -2.48. The van der Waals surface area contributed by atoms with Crippen molar-refractivity contribution in [2.24, 2.45) is 0 Å². The smallest absolute Gasteiger partial charge is 0.264 e. The predicted octanol–water partition coefficient (Wildman–Crippen LogP) is 1.61. The average molecular weight is 325 g/mol. The van der Waals surface area contributed by atoms with E-state index in [4.69, 9.17) is 13.3 Å². The lowest BCUT2D eigenvalue weighted by Gasteiger charge is -2.40. The largest absolute Gasteiger partial charge is 0.416 e. The zero-order chi connectivity index (χ0) is 15.6. The van der Waals surface area contributed by atoms with E-state index >= 15 is 0 Å². The van der Waals surface area contributed by atoms with E-state index in [0.717, 1.165) is 6.26 Å². The Morgan fingerprint density at radius 2 is 1.80 bits per heavy atom. The first kappa shape index (κ1) is 18.1. The molecule has 2 atom stereocenters. The van der Waals surface area contributed by atoms with E-state index < -0.39 is 25.5 Å². The van der Waals surface area contributed by atoms with E-state index in [1.165, 1.54) is 0 Å². The fraction of sp³-hybridized carbons (Fsp3) is 1.00. The van der Waals surface area contributed by atoms with Crippen LogP contribution >= 0.6 is 0 Å². The molecule has 20 heavy (non-hydrogen) atoms. The summed E-state index contributed by atoms with van der Waals surface area (Å²) in [6.45, 7) is 11.1. The summed E-state index contributed by atoms with van der Waals surface area (Å²) in [6, 6.07) is 0. The molecule has 1 heterocycles. The molecule has 2 unspecified atom stereocenters. The monoisotopic (exact) mass is 324 g/mol. The molecule has 7 heteroatoms. The molecule has 0 bridgehead atoms. The highest BCUT2D eigenvalue weighted by molar-refractivity contribution is 7.86. The normalized spacial score (nSPS) is 26.3. The van der Waals surface area contributed by atoms with Gasteiger partial charge in [0.2, 0.25) is 0 Å². The average Bonchev–Trinajstić information content (AvgIpc) is 2.24. The summed E-state index contributed by atoms with van der Waals surface area (Å²) in [5.74, 6) is 0. The quantitative estimate of drug-likeness (QED) is 0.568. The molecule has 1 fully saturated rings. The molecule has 0 aliphatic carbocycles. The summed E-state index contributed by atoms with van der Waals surface area (Å²) in [5, 5.41) is 0.217. The van der Waals surface area contributed by atoms with Crippen LogP contribution in [-0.4, -0.2) is 48.9 Å². The topological polar surface area (TPSA) is 61.8 Å². The van der Waals surface area contributed by atoms with Crippen molar-refractivity contribution in [1.29, 1.82) is 0 Å². The summed E-state index contributed by atoms with van der Waals surface area (Å²) in [6.07, 6.45) is 1.82. The van der Waals surface area contributed by atoms with Crippen LogP contribution in [0, 0.1) is 0 Å². The molecule has 1 aliphatic rings. The van der Waals surface area contributed by atoms with E-state index in [9.17, 15) is 8.42 Å². The van der Waals surface area contributed by atoms with Gasteiger partial charge in [-0.25, -0.2) is 0 Å². The Balaban J connectivity index is 2.61. The zero-order valence-electron chi connectivity index (χ0n) is 13.4. The van der Waals surface area contributed by atoms with Crippen molar-refractivity contribution in [1.82, 2.24) is 0 Å². The Bertz CT molecular complexity index is 413. The van der Waals surface area contributed by atoms with Crippen LogP contribution in [0.1, 0.15) is 47.5 Å². The SMILES string of the molecule is CC(C)(C)[SiH2]OC(C)(C)C1CC(OS(C)(=O)=O)CCO1. The van der Waals surface area contributed by atoms with Gasteiger partial charge in [-0.15, -0.1) is 0 Å². The third-order valence-corrected chi connectivity index (χ3v) is 5.58. The van der Waals surface area contributed by atoms with Gasteiger partial charge in [0.1, 0.15) is 0 Å². The zero-order valence-corrected chi connectivity index (χ0v) is 15.7. The number of hydrogen-bond acceptors (Lipinski definition) is 5. The van der Waals surface area contributed by atoms with Gasteiger partial charge in [-0.1, -0.05) is 20.8 Å². The lowest BCUT2D eigenvalue weighted by molar-refractivity contribution is -0.118. The van der Waals surface area contributed by atoms with E-state index in [-0.39, 0.29) is 17.2 Å². The van der Waals surface area contributed by atoms with Gasteiger partial charge in [0.25, 0.3) is 10.1 Å². The van der Waals surface area contributed by atoms with Crippen LogP contribution in [0.25, 0.3) is 0 Å². The Morgan fingerprint density at radius 1 is 1.20 bits per heavy atom. The van der Waals surface area contributed by atoms with Crippen molar-refractivity contribution in [3.8, 4) is 0 Å². The summed E-state index contributed by atoms with van der Waals surface area (Å²) >= 11 is 0. The fourth-order valence-electron chi connectivity index (χ4n) is 2.08. The first-order valence-electron chi connectivity index (χ1n) is 7.03. The molecule has 0 amide bonds. The van der Waals surface area contributed by atoms with Crippen LogP contribution < -0.4 is 0 Å². The molecular weight excluding hydrogens is 296 g/mol. The first-order chi connectivity index (χ1) is 8.89. The van der Waals surface area contributed by atoms with Crippen LogP contribution in [0.4, 0.5) is 0 Å². The van der Waals surface area contributed by atoms with Gasteiger partial charge in [0.15, 0.2) is 9.76 Å². The second-order valence-electron chi connectivity index (χ2n) is 7.26. The van der Waals surface area contributed by atoms with E-state index in [1.807, 2.05) is 13.8 Å². The van der Waals surface area contributed by atoms with Gasteiger partial charge < -0.3 is 9.16 Å². The third kappa shape index (κ3) is 6.67. The molecule has 0 aromatic carbocycles.